The first-order chi connectivity index (χ1) is 9.01. The van der Waals surface area contributed by atoms with Crippen LogP contribution < -0.4 is 10.6 Å². The number of nitrogens with two attached hydrogens (primary N) is 1. The second kappa shape index (κ2) is 6.92. The van der Waals surface area contributed by atoms with E-state index in [2.05, 4.69) is 57.0 Å². The molecule has 1 aromatic rings. The molecule has 1 aromatic carbocycles. The highest BCUT2D eigenvalue weighted by Gasteiger charge is 2.37. The maximum Gasteiger partial charge on any atom is 0.0776 e. The van der Waals surface area contributed by atoms with Gasteiger partial charge in [0.1, 0.15) is 0 Å². The van der Waals surface area contributed by atoms with Crippen molar-refractivity contribution in [1.82, 2.24) is 0 Å². The number of nitrogens with zero attached hydrogens (tertiary/aromatic N) is 1. The Kier molecular flexibility index (Phi) is 5.83. The van der Waals surface area contributed by atoms with E-state index >= 15 is 0 Å². The molecule has 0 heterocycles. The number of rotatable bonds is 7. The van der Waals surface area contributed by atoms with Crippen molar-refractivity contribution in [2.24, 2.45) is 11.7 Å². The molecule has 2 N–H and O–H groups in total. The third-order valence-electron chi connectivity index (χ3n) is 4.22. The van der Waals surface area contributed by atoms with E-state index in [4.69, 9.17) is 10.5 Å². The number of anilines is 1. The molecule has 3 nitrogen and oxygen atoms in total. The molecule has 0 aliphatic rings. The van der Waals surface area contributed by atoms with Gasteiger partial charge in [0.25, 0.3) is 0 Å². The molecule has 0 aliphatic carbocycles. The Morgan fingerprint density at radius 3 is 2.21 bits per heavy atom. The second-order valence-corrected chi connectivity index (χ2v) is 5.47. The Morgan fingerprint density at radius 2 is 1.84 bits per heavy atom. The van der Waals surface area contributed by atoms with Crippen LogP contribution in [0.4, 0.5) is 5.69 Å². The SMILES string of the molecule is CCc1ccc(N(C)C(CN)(COC)C(C)C)cc1. The van der Waals surface area contributed by atoms with Crippen LogP contribution in [0.25, 0.3) is 0 Å². The number of aryl methyl sites for hydroxylation is 1. The average Bonchev–Trinajstić information content (AvgIpc) is 2.44. The van der Waals surface area contributed by atoms with Gasteiger partial charge in [-0.05, 0) is 30.0 Å². The van der Waals surface area contributed by atoms with Gasteiger partial charge in [0.15, 0.2) is 0 Å². The molecule has 0 bridgehead atoms. The molecule has 3 heteroatoms. The van der Waals surface area contributed by atoms with Crippen molar-refractivity contribution in [3.8, 4) is 0 Å². The minimum Gasteiger partial charge on any atom is -0.382 e. The lowest BCUT2D eigenvalue weighted by Gasteiger charge is -2.45. The highest BCUT2D eigenvalue weighted by atomic mass is 16.5. The standard InChI is InChI=1S/C16H28N2O/c1-6-14-7-9-15(10-8-14)18(4)16(11-17,12-19-5)13(2)3/h7-10,13H,6,11-12,17H2,1-5H3. The summed E-state index contributed by atoms with van der Waals surface area (Å²) in [5, 5.41) is 0. The Bertz CT molecular complexity index is 375. The first-order valence-corrected chi connectivity index (χ1v) is 7.03. The predicted octanol–water partition coefficient (Wildman–Crippen LogP) is 2.69. The summed E-state index contributed by atoms with van der Waals surface area (Å²) in [6.07, 6.45) is 1.06. The summed E-state index contributed by atoms with van der Waals surface area (Å²) < 4.78 is 5.43. The minimum atomic E-state index is -0.164. The van der Waals surface area contributed by atoms with Gasteiger partial charge >= 0.3 is 0 Å². The van der Waals surface area contributed by atoms with E-state index in [1.165, 1.54) is 11.3 Å². The molecular formula is C16H28N2O. The quantitative estimate of drug-likeness (QED) is 0.823. The minimum absolute atomic E-state index is 0.164. The van der Waals surface area contributed by atoms with Crippen molar-refractivity contribution in [3.63, 3.8) is 0 Å². The second-order valence-electron chi connectivity index (χ2n) is 5.47. The molecule has 0 radical (unpaired) electrons. The van der Waals surface area contributed by atoms with E-state index < -0.39 is 0 Å². The maximum atomic E-state index is 6.07. The summed E-state index contributed by atoms with van der Waals surface area (Å²) in [5.41, 5.74) is 8.45. The fourth-order valence-electron chi connectivity index (χ4n) is 2.54. The van der Waals surface area contributed by atoms with Crippen LogP contribution in [-0.4, -0.2) is 32.8 Å². The average molecular weight is 264 g/mol. The normalized spacial score (nSPS) is 14.5. The van der Waals surface area contributed by atoms with Crippen LogP contribution in [0.3, 0.4) is 0 Å². The number of hydrogen-bond donors (Lipinski definition) is 1. The molecule has 0 amide bonds. The molecule has 0 aliphatic heterocycles. The molecule has 0 aromatic heterocycles. The molecular weight excluding hydrogens is 236 g/mol. The van der Waals surface area contributed by atoms with Crippen molar-refractivity contribution in [2.75, 3.05) is 32.2 Å². The number of benzene rings is 1. The molecule has 0 fully saturated rings. The smallest absolute Gasteiger partial charge is 0.0776 e. The number of methoxy groups -OCH3 is 1. The van der Waals surface area contributed by atoms with Gasteiger partial charge in [-0.15, -0.1) is 0 Å². The summed E-state index contributed by atoms with van der Waals surface area (Å²) in [4.78, 5) is 2.26. The zero-order chi connectivity index (χ0) is 14.5. The van der Waals surface area contributed by atoms with Gasteiger partial charge in [0.2, 0.25) is 0 Å². The van der Waals surface area contributed by atoms with Gasteiger partial charge in [0.05, 0.1) is 12.1 Å². The molecule has 19 heavy (non-hydrogen) atoms. The molecule has 0 spiro atoms. The van der Waals surface area contributed by atoms with Crippen LogP contribution in [0.5, 0.6) is 0 Å². The van der Waals surface area contributed by atoms with Crippen molar-refractivity contribution < 1.29 is 4.74 Å². The summed E-state index contributed by atoms with van der Waals surface area (Å²) in [6.45, 7) is 7.77. The number of likely N-dealkylation sites (N-methyl/N-ethyl adjacent to an activating group) is 1. The van der Waals surface area contributed by atoms with Gasteiger partial charge in [-0.3, -0.25) is 0 Å². The number of ether oxygens (including phenoxy) is 1. The van der Waals surface area contributed by atoms with Crippen LogP contribution in [0.15, 0.2) is 24.3 Å². The Morgan fingerprint density at radius 1 is 1.26 bits per heavy atom. The summed E-state index contributed by atoms with van der Waals surface area (Å²) in [6, 6.07) is 8.70. The van der Waals surface area contributed by atoms with Crippen LogP contribution in [0, 0.1) is 5.92 Å². The van der Waals surface area contributed by atoms with Gasteiger partial charge in [-0.1, -0.05) is 32.9 Å². The van der Waals surface area contributed by atoms with E-state index in [-0.39, 0.29) is 5.54 Å². The van der Waals surface area contributed by atoms with Gasteiger partial charge in [0, 0.05) is 26.4 Å². The van der Waals surface area contributed by atoms with Crippen molar-refractivity contribution in [3.05, 3.63) is 29.8 Å². The molecule has 108 valence electrons. The zero-order valence-electron chi connectivity index (χ0n) is 12.9. The molecule has 1 rings (SSSR count). The van der Waals surface area contributed by atoms with Crippen LogP contribution in [0.1, 0.15) is 26.3 Å². The third kappa shape index (κ3) is 3.28. The summed E-state index contributed by atoms with van der Waals surface area (Å²) in [7, 11) is 3.84. The van der Waals surface area contributed by atoms with Gasteiger partial charge in [-0.2, -0.15) is 0 Å². The van der Waals surface area contributed by atoms with Crippen LogP contribution >= 0.6 is 0 Å². The fraction of sp³-hybridized carbons (Fsp3) is 0.625. The Hall–Kier alpha value is -1.06. The van der Waals surface area contributed by atoms with E-state index in [0.29, 0.717) is 19.1 Å². The maximum absolute atomic E-state index is 6.07. The third-order valence-corrected chi connectivity index (χ3v) is 4.22. The van der Waals surface area contributed by atoms with Crippen molar-refractivity contribution in [1.29, 1.82) is 0 Å². The first-order valence-electron chi connectivity index (χ1n) is 7.03. The monoisotopic (exact) mass is 264 g/mol. The largest absolute Gasteiger partial charge is 0.382 e. The van der Waals surface area contributed by atoms with E-state index in [1.807, 2.05) is 0 Å². The van der Waals surface area contributed by atoms with E-state index in [0.717, 1.165) is 6.42 Å². The highest BCUT2D eigenvalue weighted by molar-refractivity contribution is 5.50. The lowest BCUT2D eigenvalue weighted by atomic mass is 9.85. The van der Waals surface area contributed by atoms with Crippen LogP contribution in [0.2, 0.25) is 0 Å². The molecule has 0 saturated carbocycles. The van der Waals surface area contributed by atoms with Crippen molar-refractivity contribution in [2.45, 2.75) is 32.7 Å². The summed E-state index contributed by atoms with van der Waals surface area (Å²) >= 11 is 0. The van der Waals surface area contributed by atoms with Gasteiger partial charge < -0.3 is 15.4 Å². The summed E-state index contributed by atoms with van der Waals surface area (Å²) in [5.74, 6) is 0.410. The van der Waals surface area contributed by atoms with Gasteiger partial charge in [-0.25, -0.2) is 0 Å². The van der Waals surface area contributed by atoms with E-state index in [1.54, 1.807) is 7.11 Å². The first kappa shape index (κ1) is 16.0. The molecule has 1 unspecified atom stereocenters. The van der Waals surface area contributed by atoms with Crippen LogP contribution in [-0.2, 0) is 11.2 Å². The topological polar surface area (TPSA) is 38.5 Å². The van der Waals surface area contributed by atoms with Crippen molar-refractivity contribution >= 4 is 5.69 Å². The molecule has 0 saturated heterocycles. The lowest BCUT2D eigenvalue weighted by molar-refractivity contribution is 0.106. The zero-order valence-corrected chi connectivity index (χ0v) is 12.9. The predicted molar refractivity (Wildman–Crippen MR) is 82.7 cm³/mol. The highest BCUT2D eigenvalue weighted by Crippen LogP contribution is 2.29. The van der Waals surface area contributed by atoms with E-state index in [9.17, 15) is 0 Å². The fourth-order valence-corrected chi connectivity index (χ4v) is 2.54. The lowest BCUT2D eigenvalue weighted by Crippen LogP contribution is -2.59. The Balaban J connectivity index is 3.06. The molecule has 1 atom stereocenters. The number of hydrogen-bond acceptors (Lipinski definition) is 3. The Labute approximate surface area is 117 Å².